The highest BCUT2D eigenvalue weighted by Crippen LogP contribution is 2.32. The van der Waals surface area contributed by atoms with Crippen LogP contribution >= 0.6 is 45.3 Å². The number of ether oxygens (including phenoxy) is 4. The predicted octanol–water partition coefficient (Wildman–Crippen LogP) is 10.1. The second-order valence-electron chi connectivity index (χ2n) is 9.92. The molecule has 0 fully saturated rings. The molecular weight excluding hydrogens is 689 g/mol. The quantitative estimate of drug-likeness (QED) is 0.115. The highest BCUT2D eigenvalue weighted by atomic mass is 32.1. The molecule has 0 radical (unpaired) electrons. The maximum atomic E-state index is 13.1. The third-order valence-electron chi connectivity index (χ3n) is 6.70. The van der Waals surface area contributed by atoms with Gasteiger partial charge >= 0.3 is 23.9 Å². The summed E-state index contributed by atoms with van der Waals surface area (Å²) in [4.78, 5) is 52.5. The zero-order valence-corrected chi connectivity index (χ0v) is 29.9. The van der Waals surface area contributed by atoms with Crippen molar-refractivity contribution in [2.24, 2.45) is 0 Å². The van der Waals surface area contributed by atoms with Crippen molar-refractivity contribution in [3.63, 3.8) is 0 Å². The van der Waals surface area contributed by atoms with Gasteiger partial charge in [-0.05, 0) is 100 Å². The first kappa shape index (κ1) is 35.0. The van der Waals surface area contributed by atoms with Crippen LogP contribution in [0.5, 0.6) is 0 Å². The molecule has 0 amide bonds. The van der Waals surface area contributed by atoms with Gasteiger partial charge in [0.1, 0.15) is 0 Å². The summed E-state index contributed by atoms with van der Waals surface area (Å²) in [5.74, 6) is -2.14. The molecule has 8 rings (SSSR count). The molecule has 0 aliphatic carbocycles. The average Bonchev–Trinajstić information content (AvgIpc) is 3.06. The number of esters is 4. The summed E-state index contributed by atoms with van der Waals surface area (Å²) >= 11 is 5.49. The fourth-order valence-corrected chi connectivity index (χ4v) is 8.56. The summed E-state index contributed by atoms with van der Waals surface area (Å²) in [6, 6.07) is 22.1. The number of benzene rings is 4. The molecular formula is C36H32O8S4. The molecule has 0 atom stereocenters. The minimum absolute atomic E-state index is 0.181. The largest absolute Gasteiger partial charge is 0.462 e. The summed E-state index contributed by atoms with van der Waals surface area (Å²) in [7, 11) is 0. The second-order valence-corrected chi connectivity index (χ2v) is 14.4. The molecule has 0 aliphatic heterocycles. The van der Waals surface area contributed by atoms with Crippen LogP contribution in [0.1, 0.15) is 69.1 Å². The van der Waals surface area contributed by atoms with Crippen LogP contribution in [0.2, 0.25) is 0 Å². The van der Waals surface area contributed by atoms with Crippen molar-refractivity contribution in [1.29, 1.82) is 0 Å². The van der Waals surface area contributed by atoms with E-state index in [1.54, 1.807) is 39.8 Å². The highest BCUT2D eigenvalue weighted by Gasteiger charge is 2.20. The third-order valence-corrected chi connectivity index (χ3v) is 11.0. The van der Waals surface area contributed by atoms with Gasteiger partial charge < -0.3 is 18.9 Å². The van der Waals surface area contributed by atoms with Crippen LogP contribution in [0.15, 0.2) is 72.8 Å². The predicted molar refractivity (Wildman–Crippen MR) is 196 cm³/mol. The SMILES string of the molecule is CCOC(=O)c1cc(C(=O)OCC)c2cc1sc1ccc(cc1)sc1cc(sc3ccc(cc3)s2)c(C(=O)OCC)cc1C(=O)OCC. The monoisotopic (exact) mass is 720 g/mol. The number of hydrogen-bond donors (Lipinski definition) is 0. The standard InChI is InChI=1S/C36H32O8S4/c1-5-41-33(37)25-17-26(34(38)42-6-2)30-19-29(25)45-21-9-11-23(12-10-21)47-31-20-32(48-24-15-13-22(46-30)14-16-24)28(36(40)44-8-4)18-27(31)35(39)43-7-3/h9-20H,5-8H2,1-4H3. The van der Waals surface area contributed by atoms with Gasteiger partial charge in [0.2, 0.25) is 0 Å². The lowest BCUT2D eigenvalue weighted by Crippen LogP contribution is -2.09. The van der Waals surface area contributed by atoms with E-state index in [9.17, 15) is 19.2 Å². The van der Waals surface area contributed by atoms with Crippen LogP contribution < -0.4 is 0 Å². The van der Waals surface area contributed by atoms with E-state index < -0.39 is 23.9 Å². The molecule has 4 aromatic heterocycles. The van der Waals surface area contributed by atoms with E-state index in [0.717, 1.165) is 18.8 Å². The van der Waals surface area contributed by atoms with E-state index in [1.165, 1.54) is 45.3 Å². The minimum atomic E-state index is -0.536. The van der Waals surface area contributed by atoms with E-state index in [-0.39, 0.29) is 48.7 Å². The number of carbonyl (C=O) groups excluding carboxylic acids is 4. The molecule has 4 heterocycles. The van der Waals surface area contributed by atoms with Crippen molar-refractivity contribution >= 4 is 107 Å². The Morgan fingerprint density at radius 2 is 0.604 bits per heavy atom. The summed E-state index contributed by atoms with van der Waals surface area (Å²) in [5.41, 5.74) is 1.06. The molecule has 12 heteroatoms. The summed E-state index contributed by atoms with van der Waals surface area (Å²) in [6.07, 6.45) is 0. The Morgan fingerprint density at radius 1 is 0.396 bits per heavy atom. The molecule has 0 saturated carbocycles. The third kappa shape index (κ3) is 8.19. The summed E-state index contributed by atoms with van der Waals surface area (Å²) in [6.45, 7) is 7.65. The topological polar surface area (TPSA) is 105 Å². The van der Waals surface area contributed by atoms with Gasteiger partial charge in [0.15, 0.2) is 0 Å². The van der Waals surface area contributed by atoms with Gasteiger partial charge in [-0.25, -0.2) is 19.2 Å². The van der Waals surface area contributed by atoms with Gasteiger partial charge in [-0.15, -0.1) is 45.3 Å². The maximum Gasteiger partial charge on any atom is 0.339 e. The van der Waals surface area contributed by atoms with E-state index in [1.807, 2.05) is 60.7 Å². The number of carbonyl (C=O) groups is 4. The lowest BCUT2D eigenvalue weighted by atomic mass is 10.1. The normalized spacial score (nSPS) is 10.8. The average molecular weight is 721 g/mol. The lowest BCUT2D eigenvalue weighted by molar-refractivity contribution is 0.0509. The van der Waals surface area contributed by atoms with Gasteiger partial charge in [-0.2, -0.15) is 0 Å². The summed E-state index contributed by atoms with van der Waals surface area (Å²) in [5, 5.41) is 0. The number of hydrogen-bond acceptors (Lipinski definition) is 12. The van der Waals surface area contributed by atoms with Crippen molar-refractivity contribution in [1.82, 2.24) is 0 Å². The van der Waals surface area contributed by atoms with Crippen LogP contribution in [-0.2, 0) is 18.9 Å². The van der Waals surface area contributed by atoms with Crippen LogP contribution in [0.25, 0.3) is 37.6 Å². The van der Waals surface area contributed by atoms with Crippen molar-refractivity contribution in [2.75, 3.05) is 26.4 Å². The van der Waals surface area contributed by atoms with Crippen molar-refractivity contribution in [3.8, 4) is 0 Å². The smallest absolute Gasteiger partial charge is 0.339 e. The maximum absolute atomic E-state index is 13.1. The van der Waals surface area contributed by atoms with Gasteiger partial charge in [0.05, 0.1) is 48.7 Å². The van der Waals surface area contributed by atoms with Gasteiger partial charge in [-0.3, -0.25) is 0 Å². The molecule has 4 aromatic carbocycles. The zero-order valence-electron chi connectivity index (χ0n) is 26.7. The highest BCUT2D eigenvalue weighted by molar-refractivity contribution is 7.26. The Balaban J connectivity index is 1.91. The zero-order chi connectivity index (χ0) is 34.2. The van der Waals surface area contributed by atoms with Gasteiger partial charge in [-0.1, -0.05) is 0 Å². The molecule has 8 nitrogen and oxygen atoms in total. The van der Waals surface area contributed by atoms with Crippen LogP contribution in [0.4, 0.5) is 0 Å². The van der Waals surface area contributed by atoms with Crippen LogP contribution in [0.3, 0.4) is 0 Å². The Labute approximate surface area is 292 Å². The first-order chi connectivity index (χ1) is 23.2. The van der Waals surface area contributed by atoms with Gasteiger partial charge in [0.25, 0.3) is 0 Å². The molecule has 0 spiro atoms. The van der Waals surface area contributed by atoms with E-state index in [4.69, 9.17) is 18.9 Å². The molecule has 48 heavy (non-hydrogen) atoms. The van der Waals surface area contributed by atoms with E-state index in [2.05, 4.69) is 0 Å². The Bertz CT molecular complexity index is 1840. The molecule has 0 N–H and O–H groups in total. The minimum Gasteiger partial charge on any atom is -0.462 e. The fraction of sp³-hybridized carbons (Fsp3) is 0.222. The van der Waals surface area contributed by atoms with E-state index >= 15 is 0 Å². The van der Waals surface area contributed by atoms with E-state index in [0.29, 0.717) is 18.8 Å². The van der Waals surface area contributed by atoms with Crippen LogP contribution in [-0.4, -0.2) is 50.3 Å². The molecule has 8 bridgehead atoms. The Morgan fingerprint density at radius 3 is 0.792 bits per heavy atom. The molecule has 248 valence electrons. The molecule has 8 aromatic rings. The van der Waals surface area contributed by atoms with Crippen LogP contribution in [0, 0.1) is 0 Å². The number of rotatable bonds is 8. The Kier molecular flexibility index (Phi) is 11.8. The van der Waals surface area contributed by atoms with Crippen molar-refractivity contribution in [2.45, 2.75) is 27.7 Å². The molecule has 0 unspecified atom stereocenters. The lowest BCUT2D eigenvalue weighted by Gasteiger charge is -2.09. The Hall–Kier alpha value is -4.36. The van der Waals surface area contributed by atoms with Crippen molar-refractivity contribution in [3.05, 3.63) is 95.1 Å². The molecule has 0 aliphatic rings. The second kappa shape index (κ2) is 16.2. The first-order valence-corrected chi connectivity index (χ1v) is 18.5. The fourth-order valence-electron chi connectivity index (χ4n) is 4.59. The first-order valence-electron chi connectivity index (χ1n) is 15.2. The summed E-state index contributed by atoms with van der Waals surface area (Å²) < 4.78 is 27.3. The molecule has 0 saturated heterocycles. The van der Waals surface area contributed by atoms with Gasteiger partial charge in [0, 0.05) is 37.6 Å². The van der Waals surface area contributed by atoms with Crippen molar-refractivity contribution < 1.29 is 38.1 Å².